The van der Waals surface area contributed by atoms with E-state index in [2.05, 4.69) is 10.9 Å². The molecule has 0 heterocycles. The Morgan fingerprint density at radius 3 is 2.38 bits per heavy atom. The van der Waals surface area contributed by atoms with E-state index in [-0.39, 0.29) is 11.8 Å². The minimum atomic E-state index is 0.0964. The van der Waals surface area contributed by atoms with Crippen LogP contribution in [0.15, 0.2) is 54.6 Å². The first-order chi connectivity index (χ1) is 11.8. The molecule has 2 aromatic rings. The number of rotatable bonds is 6. The van der Waals surface area contributed by atoms with E-state index in [9.17, 15) is 4.79 Å². The average Bonchev–Trinajstić information content (AvgIpc) is 2.67. The summed E-state index contributed by atoms with van der Waals surface area (Å²) in [5, 5.41) is 0. The first kappa shape index (κ1) is 16.4. The zero-order valence-electron chi connectivity index (χ0n) is 13.8. The van der Waals surface area contributed by atoms with Gasteiger partial charge < -0.3 is 4.74 Å². The summed E-state index contributed by atoms with van der Waals surface area (Å²) in [6, 6.07) is 17.7. The highest BCUT2D eigenvalue weighted by molar-refractivity contribution is 5.80. The van der Waals surface area contributed by atoms with Crippen LogP contribution in [0.5, 0.6) is 5.75 Å². The van der Waals surface area contributed by atoms with Gasteiger partial charge in [0.2, 0.25) is 5.91 Å². The van der Waals surface area contributed by atoms with Crippen LogP contribution in [0, 0.1) is 5.92 Å². The van der Waals surface area contributed by atoms with Crippen molar-refractivity contribution in [3.05, 3.63) is 60.2 Å². The summed E-state index contributed by atoms with van der Waals surface area (Å²) >= 11 is 0. The predicted molar refractivity (Wildman–Crippen MR) is 95.6 cm³/mol. The fourth-order valence-corrected chi connectivity index (χ4v) is 2.98. The molecule has 2 aromatic carbocycles. The minimum Gasteiger partial charge on any atom is -0.489 e. The van der Waals surface area contributed by atoms with Crippen molar-refractivity contribution in [2.24, 2.45) is 5.92 Å². The van der Waals surface area contributed by atoms with Crippen LogP contribution in [0.1, 0.15) is 37.7 Å². The second-order valence-electron chi connectivity index (χ2n) is 6.25. The molecule has 0 atom stereocenters. The molecule has 1 amide bonds. The summed E-state index contributed by atoms with van der Waals surface area (Å²) in [5.41, 5.74) is 7.80. The molecule has 0 saturated heterocycles. The van der Waals surface area contributed by atoms with E-state index in [1.54, 1.807) is 0 Å². The standard InChI is InChI=1S/C20H24N2O2/c23-20(17-9-5-2-6-10-17)22-21-18-11-13-19(14-12-18)24-15-16-7-3-1-4-8-16/h1,3-4,7-8,11-14,17,21H,2,5-6,9-10,15H2,(H,22,23). The van der Waals surface area contributed by atoms with E-state index in [4.69, 9.17) is 4.74 Å². The number of nitrogens with one attached hydrogen (secondary N) is 2. The molecule has 1 aliphatic rings. The van der Waals surface area contributed by atoms with Crippen molar-refractivity contribution in [1.29, 1.82) is 0 Å². The van der Waals surface area contributed by atoms with Gasteiger partial charge in [0.25, 0.3) is 0 Å². The maximum Gasteiger partial charge on any atom is 0.241 e. The number of hydrogen-bond donors (Lipinski definition) is 2. The molecule has 24 heavy (non-hydrogen) atoms. The number of hydrazine groups is 1. The van der Waals surface area contributed by atoms with E-state index in [0.717, 1.165) is 42.7 Å². The third kappa shape index (κ3) is 4.75. The molecule has 1 fully saturated rings. The van der Waals surface area contributed by atoms with Crippen molar-refractivity contribution >= 4 is 11.6 Å². The van der Waals surface area contributed by atoms with Crippen LogP contribution in [0.4, 0.5) is 5.69 Å². The summed E-state index contributed by atoms with van der Waals surface area (Å²) in [6.45, 7) is 0.548. The highest BCUT2D eigenvalue weighted by atomic mass is 16.5. The van der Waals surface area contributed by atoms with Gasteiger partial charge in [0.15, 0.2) is 0 Å². The molecule has 0 radical (unpaired) electrons. The quantitative estimate of drug-likeness (QED) is 0.779. The zero-order chi connectivity index (χ0) is 16.6. The Kier molecular flexibility index (Phi) is 5.72. The second kappa shape index (κ2) is 8.39. The third-order valence-corrected chi connectivity index (χ3v) is 4.41. The Labute approximate surface area is 143 Å². The van der Waals surface area contributed by atoms with Gasteiger partial charge in [0, 0.05) is 5.92 Å². The van der Waals surface area contributed by atoms with Gasteiger partial charge in [-0.15, -0.1) is 0 Å². The SMILES string of the molecule is O=C(NNc1ccc(OCc2ccccc2)cc1)C1CCCCC1. The molecule has 126 valence electrons. The first-order valence-electron chi connectivity index (χ1n) is 8.64. The lowest BCUT2D eigenvalue weighted by Gasteiger charge is -2.21. The van der Waals surface area contributed by atoms with Crippen LogP contribution >= 0.6 is 0 Å². The second-order valence-corrected chi connectivity index (χ2v) is 6.25. The lowest BCUT2D eigenvalue weighted by Crippen LogP contribution is -2.35. The lowest BCUT2D eigenvalue weighted by atomic mass is 9.89. The molecule has 0 unspecified atom stereocenters. The fraction of sp³-hybridized carbons (Fsp3) is 0.350. The summed E-state index contributed by atoms with van der Waals surface area (Å²) in [4.78, 5) is 12.1. The van der Waals surface area contributed by atoms with Crippen LogP contribution < -0.4 is 15.6 Å². The van der Waals surface area contributed by atoms with Gasteiger partial charge in [-0.1, -0.05) is 49.6 Å². The molecule has 1 aliphatic carbocycles. The van der Waals surface area contributed by atoms with Gasteiger partial charge in [-0.2, -0.15) is 0 Å². The summed E-state index contributed by atoms with van der Waals surface area (Å²) in [6.07, 6.45) is 5.57. The van der Waals surface area contributed by atoms with Gasteiger partial charge in [-0.25, -0.2) is 0 Å². The fourth-order valence-electron chi connectivity index (χ4n) is 2.98. The van der Waals surface area contributed by atoms with E-state index < -0.39 is 0 Å². The van der Waals surface area contributed by atoms with Crippen molar-refractivity contribution in [1.82, 2.24) is 5.43 Å². The molecular weight excluding hydrogens is 300 g/mol. The molecule has 3 rings (SSSR count). The minimum absolute atomic E-state index is 0.0964. The Hall–Kier alpha value is -2.49. The van der Waals surface area contributed by atoms with Crippen LogP contribution in [-0.4, -0.2) is 5.91 Å². The number of benzene rings is 2. The third-order valence-electron chi connectivity index (χ3n) is 4.41. The number of carbonyl (C=O) groups is 1. The maximum atomic E-state index is 12.1. The van der Waals surface area contributed by atoms with Gasteiger partial charge in [0.1, 0.15) is 12.4 Å². The number of amides is 1. The highest BCUT2D eigenvalue weighted by Gasteiger charge is 2.20. The Morgan fingerprint density at radius 2 is 1.67 bits per heavy atom. The van der Waals surface area contributed by atoms with Crippen molar-refractivity contribution in [2.45, 2.75) is 38.7 Å². The number of ether oxygens (including phenoxy) is 1. The van der Waals surface area contributed by atoms with Crippen LogP contribution in [0.2, 0.25) is 0 Å². The molecule has 4 nitrogen and oxygen atoms in total. The number of hydrogen-bond acceptors (Lipinski definition) is 3. The molecule has 2 N–H and O–H groups in total. The zero-order valence-corrected chi connectivity index (χ0v) is 13.8. The monoisotopic (exact) mass is 324 g/mol. The summed E-state index contributed by atoms with van der Waals surface area (Å²) in [7, 11) is 0. The Bertz CT molecular complexity index is 634. The molecule has 1 saturated carbocycles. The lowest BCUT2D eigenvalue weighted by molar-refractivity contribution is -0.125. The van der Waals surface area contributed by atoms with Gasteiger partial charge in [0.05, 0.1) is 5.69 Å². The Morgan fingerprint density at radius 1 is 0.958 bits per heavy atom. The molecule has 4 heteroatoms. The van der Waals surface area contributed by atoms with Gasteiger partial charge >= 0.3 is 0 Å². The van der Waals surface area contributed by atoms with Crippen LogP contribution in [-0.2, 0) is 11.4 Å². The van der Waals surface area contributed by atoms with E-state index in [0.29, 0.717) is 6.61 Å². The molecule has 0 bridgehead atoms. The normalized spacial score (nSPS) is 14.8. The highest BCUT2D eigenvalue weighted by Crippen LogP contribution is 2.23. The molecule has 0 aromatic heterocycles. The van der Waals surface area contributed by atoms with Gasteiger partial charge in [-0.3, -0.25) is 15.6 Å². The van der Waals surface area contributed by atoms with Crippen molar-refractivity contribution in [3.63, 3.8) is 0 Å². The van der Waals surface area contributed by atoms with Gasteiger partial charge in [-0.05, 0) is 42.7 Å². The summed E-state index contributed by atoms with van der Waals surface area (Å²) < 4.78 is 5.75. The van der Waals surface area contributed by atoms with E-state index in [1.807, 2.05) is 54.6 Å². The van der Waals surface area contributed by atoms with Crippen LogP contribution in [0.3, 0.4) is 0 Å². The molecule has 0 aliphatic heterocycles. The van der Waals surface area contributed by atoms with Crippen molar-refractivity contribution < 1.29 is 9.53 Å². The predicted octanol–water partition coefficient (Wildman–Crippen LogP) is 4.29. The van der Waals surface area contributed by atoms with E-state index >= 15 is 0 Å². The number of carbonyl (C=O) groups excluding carboxylic acids is 1. The molecule has 0 spiro atoms. The van der Waals surface area contributed by atoms with Crippen molar-refractivity contribution in [3.8, 4) is 5.75 Å². The molecular formula is C20H24N2O2. The smallest absolute Gasteiger partial charge is 0.241 e. The van der Waals surface area contributed by atoms with E-state index in [1.165, 1.54) is 6.42 Å². The van der Waals surface area contributed by atoms with Crippen molar-refractivity contribution in [2.75, 3.05) is 5.43 Å². The summed E-state index contributed by atoms with van der Waals surface area (Å²) in [5.74, 6) is 1.06. The number of anilines is 1. The van der Waals surface area contributed by atoms with Crippen LogP contribution in [0.25, 0.3) is 0 Å². The first-order valence-corrected chi connectivity index (χ1v) is 8.64. The topological polar surface area (TPSA) is 50.4 Å². The largest absolute Gasteiger partial charge is 0.489 e. The Balaban J connectivity index is 1.45. The maximum absolute atomic E-state index is 12.1. The average molecular weight is 324 g/mol.